The lowest BCUT2D eigenvalue weighted by molar-refractivity contribution is 0.101. The molecule has 1 aromatic heterocycles. The Balaban J connectivity index is 1.99. The van der Waals surface area contributed by atoms with Crippen LogP contribution in [0.3, 0.4) is 0 Å². The van der Waals surface area contributed by atoms with Crippen LogP contribution in [-0.2, 0) is 10.0 Å². The van der Waals surface area contributed by atoms with Crippen LogP contribution in [0.5, 0.6) is 0 Å². The molecule has 21 heavy (non-hydrogen) atoms. The van der Waals surface area contributed by atoms with Crippen LogP contribution in [0.4, 0.5) is 4.39 Å². The van der Waals surface area contributed by atoms with Crippen molar-refractivity contribution in [2.24, 2.45) is 0 Å². The average Bonchev–Trinajstić information content (AvgIpc) is 2.48. The van der Waals surface area contributed by atoms with Crippen LogP contribution in [0.15, 0.2) is 23.4 Å². The fraction of sp³-hybridized carbons (Fsp3) is 0.643. The van der Waals surface area contributed by atoms with Gasteiger partial charge in [0.1, 0.15) is 10.7 Å². The summed E-state index contributed by atoms with van der Waals surface area (Å²) in [6.07, 6.45) is 7.20. The molecule has 2 fully saturated rings. The molecule has 0 amide bonds. The van der Waals surface area contributed by atoms with E-state index in [1.807, 2.05) is 0 Å². The van der Waals surface area contributed by atoms with Gasteiger partial charge in [-0.1, -0.05) is 19.3 Å². The van der Waals surface area contributed by atoms with Gasteiger partial charge in [0, 0.05) is 31.4 Å². The normalized spacial score (nSPS) is 23.3. The van der Waals surface area contributed by atoms with Crippen LogP contribution in [0.25, 0.3) is 0 Å². The van der Waals surface area contributed by atoms with Crippen molar-refractivity contribution >= 4 is 10.0 Å². The molecule has 1 saturated carbocycles. The summed E-state index contributed by atoms with van der Waals surface area (Å²) in [5.74, 6) is -0.621. The monoisotopic (exact) mass is 313 g/mol. The lowest BCUT2D eigenvalue weighted by Crippen LogP contribution is -2.63. The maximum absolute atomic E-state index is 13.3. The first kappa shape index (κ1) is 14.9. The van der Waals surface area contributed by atoms with Crippen molar-refractivity contribution in [3.05, 3.63) is 24.3 Å². The first-order chi connectivity index (χ1) is 10.0. The van der Waals surface area contributed by atoms with E-state index in [-0.39, 0.29) is 10.4 Å². The lowest BCUT2D eigenvalue weighted by Gasteiger charge is -2.48. The Kier molecular flexibility index (Phi) is 3.98. The van der Waals surface area contributed by atoms with Crippen LogP contribution in [0.2, 0.25) is 0 Å². The summed E-state index contributed by atoms with van der Waals surface area (Å²) < 4.78 is 40.7. The summed E-state index contributed by atoms with van der Waals surface area (Å²) in [5.41, 5.74) is -0.359. The fourth-order valence-corrected chi connectivity index (χ4v) is 5.30. The van der Waals surface area contributed by atoms with E-state index in [4.69, 9.17) is 0 Å². The smallest absolute Gasteiger partial charge is 0.245 e. The fourth-order valence-electron chi connectivity index (χ4n) is 3.50. The largest absolute Gasteiger partial charge is 0.314 e. The van der Waals surface area contributed by atoms with Gasteiger partial charge >= 0.3 is 0 Å². The number of hydrogen-bond acceptors (Lipinski definition) is 4. The molecule has 1 N–H and O–H groups in total. The molecule has 0 unspecified atom stereocenters. The number of sulfonamides is 1. The second-order valence-corrected chi connectivity index (χ2v) is 7.74. The minimum Gasteiger partial charge on any atom is -0.314 e. The number of rotatable bonds is 2. The number of nitrogens with zero attached hydrogens (tertiary/aromatic N) is 2. The Labute approximate surface area is 124 Å². The maximum atomic E-state index is 13.3. The van der Waals surface area contributed by atoms with E-state index in [0.29, 0.717) is 19.6 Å². The number of piperazine rings is 1. The van der Waals surface area contributed by atoms with E-state index < -0.39 is 15.8 Å². The van der Waals surface area contributed by atoms with E-state index in [1.54, 1.807) is 4.31 Å². The van der Waals surface area contributed by atoms with Gasteiger partial charge < -0.3 is 5.32 Å². The molecular weight excluding hydrogens is 293 g/mol. The zero-order valence-corrected chi connectivity index (χ0v) is 12.7. The maximum Gasteiger partial charge on any atom is 0.245 e. The van der Waals surface area contributed by atoms with Crippen molar-refractivity contribution in [2.45, 2.75) is 42.5 Å². The van der Waals surface area contributed by atoms with Gasteiger partial charge in [-0.05, 0) is 18.9 Å². The molecule has 116 valence electrons. The lowest BCUT2D eigenvalue weighted by atomic mass is 9.80. The highest BCUT2D eigenvalue weighted by Crippen LogP contribution is 2.37. The highest BCUT2D eigenvalue weighted by atomic mass is 32.2. The molecule has 0 aromatic carbocycles. The summed E-state index contributed by atoms with van der Waals surface area (Å²) in [7, 11) is -3.70. The summed E-state index contributed by atoms with van der Waals surface area (Å²) in [6, 6.07) is 1.06. The summed E-state index contributed by atoms with van der Waals surface area (Å²) >= 11 is 0. The molecule has 2 heterocycles. The van der Waals surface area contributed by atoms with Crippen molar-refractivity contribution < 1.29 is 12.8 Å². The minimum atomic E-state index is -3.70. The first-order valence-electron chi connectivity index (χ1n) is 7.39. The van der Waals surface area contributed by atoms with Gasteiger partial charge in [-0.25, -0.2) is 12.8 Å². The molecule has 1 aliphatic carbocycles. The third kappa shape index (κ3) is 2.69. The van der Waals surface area contributed by atoms with Crippen LogP contribution in [-0.4, -0.2) is 42.9 Å². The van der Waals surface area contributed by atoms with Crippen molar-refractivity contribution in [3.63, 3.8) is 0 Å². The molecule has 7 heteroatoms. The van der Waals surface area contributed by atoms with Gasteiger partial charge in [-0.15, -0.1) is 0 Å². The SMILES string of the molecule is O=S(=O)(c1cncc(F)c1)N1CCNCC12CCCCC2. The molecule has 1 saturated heterocycles. The standard InChI is InChI=1S/C14H20FN3O2S/c15-12-8-13(10-17-9-12)21(19,20)18-7-6-16-11-14(18)4-2-1-3-5-14/h8-10,16H,1-7,11H2. The Morgan fingerprint density at radius 3 is 2.71 bits per heavy atom. The predicted octanol–water partition coefficient (Wildman–Crippen LogP) is 1.52. The summed E-state index contributed by atoms with van der Waals surface area (Å²) in [4.78, 5) is 3.64. The van der Waals surface area contributed by atoms with Crippen LogP contribution in [0.1, 0.15) is 32.1 Å². The molecule has 1 spiro atoms. The van der Waals surface area contributed by atoms with Gasteiger partial charge in [0.15, 0.2) is 0 Å². The van der Waals surface area contributed by atoms with Gasteiger partial charge in [0.05, 0.1) is 6.20 Å². The molecule has 0 atom stereocenters. The second kappa shape index (κ2) is 5.62. The Hall–Kier alpha value is -1.05. The number of aromatic nitrogens is 1. The Bertz CT molecular complexity index is 606. The van der Waals surface area contributed by atoms with Gasteiger partial charge in [-0.2, -0.15) is 4.31 Å². The van der Waals surface area contributed by atoms with E-state index in [9.17, 15) is 12.8 Å². The van der Waals surface area contributed by atoms with Crippen molar-refractivity contribution in [1.82, 2.24) is 14.6 Å². The summed E-state index contributed by atoms with van der Waals surface area (Å²) in [6.45, 7) is 1.73. The molecule has 1 aliphatic heterocycles. The van der Waals surface area contributed by atoms with Gasteiger partial charge in [0.2, 0.25) is 10.0 Å². The third-order valence-electron chi connectivity index (χ3n) is 4.53. The highest BCUT2D eigenvalue weighted by molar-refractivity contribution is 7.89. The number of halogens is 1. The third-order valence-corrected chi connectivity index (χ3v) is 6.50. The molecule has 1 aromatic rings. The highest BCUT2D eigenvalue weighted by Gasteiger charge is 2.46. The van der Waals surface area contributed by atoms with Crippen LogP contribution >= 0.6 is 0 Å². The van der Waals surface area contributed by atoms with Crippen LogP contribution < -0.4 is 5.32 Å². The molecule has 0 bridgehead atoms. The molecular formula is C14H20FN3O2S. The molecule has 5 nitrogen and oxygen atoms in total. The number of nitrogens with one attached hydrogen (secondary N) is 1. The van der Waals surface area contributed by atoms with E-state index >= 15 is 0 Å². The number of pyridine rings is 1. The second-order valence-electron chi connectivity index (χ2n) is 5.88. The van der Waals surface area contributed by atoms with Crippen LogP contribution in [0, 0.1) is 5.82 Å². The van der Waals surface area contributed by atoms with Gasteiger partial charge in [0.25, 0.3) is 0 Å². The molecule has 0 radical (unpaired) electrons. The quantitative estimate of drug-likeness (QED) is 0.899. The molecule has 3 rings (SSSR count). The van der Waals surface area contributed by atoms with Crippen molar-refractivity contribution in [2.75, 3.05) is 19.6 Å². The zero-order chi connectivity index (χ0) is 14.9. The van der Waals surface area contributed by atoms with Crippen molar-refractivity contribution in [3.8, 4) is 0 Å². The predicted molar refractivity (Wildman–Crippen MR) is 76.8 cm³/mol. The van der Waals surface area contributed by atoms with E-state index in [2.05, 4.69) is 10.3 Å². The first-order valence-corrected chi connectivity index (χ1v) is 8.83. The molecule has 2 aliphatic rings. The topological polar surface area (TPSA) is 62.3 Å². The van der Waals surface area contributed by atoms with Crippen molar-refractivity contribution in [1.29, 1.82) is 0 Å². The van der Waals surface area contributed by atoms with E-state index in [0.717, 1.165) is 44.4 Å². The summed E-state index contributed by atoms with van der Waals surface area (Å²) in [5, 5.41) is 3.31. The zero-order valence-electron chi connectivity index (χ0n) is 11.9. The minimum absolute atomic E-state index is 0.0469. The Morgan fingerprint density at radius 1 is 1.24 bits per heavy atom. The van der Waals surface area contributed by atoms with E-state index in [1.165, 1.54) is 6.20 Å². The Morgan fingerprint density at radius 2 is 2.00 bits per heavy atom. The van der Waals surface area contributed by atoms with Gasteiger partial charge in [-0.3, -0.25) is 4.98 Å². The number of hydrogen-bond donors (Lipinski definition) is 1. The average molecular weight is 313 g/mol.